The Morgan fingerprint density at radius 3 is 1.92 bits per heavy atom. The fraction of sp³-hybridized carbons (Fsp3) is 0.950. The van der Waals surface area contributed by atoms with Crippen molar-refractivity contribution < 1.29 is 79.9 Å². The maximum Gasteiger partial charge on any atom is 0.217 e. The molecule has 0 radical (unpaired) electrons. The van der Waals surface area contributed by atoms with Crippen molar-refractivity contribution in [2.45, 2.75) is 92.7 Å². The van der Waals surface area contributed by atoms with Crippen molar-refractivity contribution in [1.82, 2.24) is 5.32 Å². The number of aliphatic hydroxyl groups excluding tert-OH is 11. The van der Waals surface area contributed by atoms with Crippen molar-refractivity contribution in [3.63, 3.8) is 0 Å². The zero-order valence-corrected chi connectivity index (χ0v) is 19.9. The molecule has 2 aliphatic rings. The molecule has 17 heteroatoms. The third-order valence-electron chi connectivity index (χ3n) is 6.16. The van der Waals surface area contributed by atoms with Gasteiger partial charge in [0.05, 0.1) is 26.4 Å². The highest BCUT2D eigenvalue weighted by molar-refractivity contribution is 5.73. The van der Waals surface area contributed by atoms with Crippen LogP contribution in [0, 0.1) is 0 Å². The van der Waals surface area contributed by atoms with Crippen molar-refractivity contribution in [1.29, 1.82) is 0 Å². The van der Waals surface area contributed by atoms with Crippen LogP contribution in [-0.2, 0) is 23.7 Å². The van der Waals surface area contributed by atoms with Gasteiger partial charge in [-0.15, -0.1) is 0 Å². The maximum atomic E-state index is 11.8. The summed E-state index contributed by atoms with van der Waals surface area (Å²) in [4.78, 5) is 11.8. The number of hydrogen-bond acceptors (Lipinski definition) is 16. The van der Waals surface area contributed by atoms with Gasteiger partial charge < -0.3 is 80.4 Å². The largest absolute Gasteiger partial charge is 0.394 e. The van der Waals surface area contributed by atoms with Gasteiger partial charge in [0.1, 0.15) is 73.2 Å². The van der Waals surface area contributed by atoms with E-state index in [4.69, 9.17) is 24.1 Å². The highest BCUT2D eigenvalue weighted by Gasteiger charge is 2.52. The number of hydrogen-bond donors (Lipinski definition) is 12. The first-order valence-electron chi connectivity index (χ1n) is 11.5. The molecule has 0 unspecified atom stereocenters. The summed E-state index contributed by atoms with van der Waals surface area (Å²) in [5.41, 5.74) is 0. The molecule has 0 aromatic heterocycles. The quantitative estimate of drug-likeness (QED) is 0.108. The molecule has 12 N–H and O–H groups in total. The van der Waals surface area contributed by atoms with Gasteiger partial charge in [0.2, 0.25) is 5.91 Å². The Morgan fingerprint density at radius 1 is 0.811 bits per heavy atom. The fourth-order valence-electron chi connectivity index (χ4n) is 4.03. The second-order valence-electron chi connectivity index (χ2n) is 8.83. The molecule has 2 fully saturated rings. The topological polar surface area (TPSA) is 289 Å². The molecule has 0 aliphatic carbocycles. The molecular formula is C20H37NO16. The number of carbonyl (C=O) groups is 1. The summed E-state index contributed by atoms with van der Waals surface area (Å²) in [6.45, 7) is -2.40. The molecule has 0 aromatic carbocycles. The number of aliphatic hydroxyl groups is 11. The van der Waals surface area contributed by atoms with Crippen molar-refractivity contribution in [3.8, 4) is 0 Å². The molecule has 218 valence electrons. The Bertz CT molecular complexity index is 701. The summed E-state index contributed by atoms with van der Waals surface area (Å²) in [5, 5.41) is 111. The zero-order valence-electron chi connectivity index (χ0n) is 19.9. The third-order valence-corrected chi connectivity index (χ3v) is 6.16. The minimum absolute atomic E-state index is 0.702. The number of ether oxygens (including phenoxy) is 4. The van der Waals surface area contributed by atoms with Crippen molar-refractivity contribution in [3.05, 3.63) is 0 Å². The van der Waals surface area contributed by atoms with Gasteiger partial charge in [0.15, 0.2) is 12.6 Å². The predicted octanol–water partition coefficient (Wildman–Crippen LogP) is -7.79. The summed E-state index contributed by atoms with van der Waals surface area (Å²) >= 11 is 0. The van der Waals surface area contributed by atoms with Gasteiger partial charge in [-0.2, -0.15) is 0 Å². The molecular weight excluding hydrogens is 510 g/mol. The number of rotatable bonds is 12. The van der Waals surface area contributed by atoms with E-state index in [0.717, 1.165) is 6.92 Å². The molecule has 2 rings (SSSR count). The molecule has 0 aromatic rings. The van der Waals surface area contributed by atoms with Gasteiger partial charge in [0.25, 0.3) is 0 Å². The van der Waals surface area contributed by atoms with E-state index in [1.165, 1.54) is 0 Å². The van der Waals surface area contributed by atoms with Crippen LogP contribution in [0.25, 0.3) is 0 Å². The predicted molar refractivity (Wildman–Crippen MR) is 115 cm³/mol. The van der Waals surface area contributed by atoms with Crippen LogP contribution in [0.3, 0.4) is 0 Å². The monoisotopic (exact) mass is 547 g/mol. The highest BCUT2D eigenvalue weighted by Crippen LogP contribution is 2.30. The van der Waals surface area contributed by atoms with E-state index in [1.54, 1.807) is 0 Å². The van der Waals surface area contributed by atoms with E-state index < -0.39 is 118 Å². The lowest BCUT2D eigenvalue weighted by molar-refractivity contribution is -0.353. The van der Waals surface area contributed by atoms with Gasteiger partial charge in [-0.25, -0.2) is 0 Å². The Morgan fingerprint density at radius 2 is 1.41 bits per heavy atom. The minimum atomic E-state index is -1.97. The second kappa shape index (κ2) is 14.3. The average molecular weight is 548 g/mol. The van der Waals surface area contributed by atoms with Crippen LogP contribution in [0.15, 0.2) is 0 Å². The molecule has 0 bridgehead atoms. The van der Waals surface area contributed by atoms with Gasteiger partial charge in [-0.3, -0.25) is 4.79 Å². The highest BCUT2D eigenvalue weighted by atomic mass is 16.7. The second-order valence-corrected chi connectivity index (χ2v) is 8.83. The molecule has 1 amide bonds. The van der Waals surface area contributed by atoms with Gasteiger partial charge in [0, 0.05) is 6.92 Å². The lowest BCUT2D eigenvalue weighted by Gasteiger charge is -2.47. The minimum Gasteiger partial charge on any atom is -0.394 e. The number of amides is 1. The van der Waals surface area contributed by atoms with Gasteiger partial charge in [-0.05, 0) is 0 Å². The standard InChI is InChI=1S/C20H37NO16/c1-6(26)21-11-15(31)18(37-20-17(33)16(32)14(30)9(4-24)35-20)10(5-25)36-19(11)34-8(3-23)13(29)12(28)7(27)2-22/h7-20,22-25,27-33H,2-5H2,1H3,(H,21,26)/t7-,8-,9-,10-,11-,12-,13-,14+,15-,16+,17-,18-,19-,20+/m1/s1. The van der Waals surface area contributed by atoms with Crippen molar-refractivity contribution >= 4 is 5.91 Å². The Labute approximate surface area is 211 Å². The Balaban J connectivity index is 2.26. The summed E-state index contributed by atoms with van der Waals surface area (Å²) in [6.07, 6.45) is -22.3. The van der Waals surface area contributed by atoms with E-state index in [-0.39, 0.29) is 0 Å². The molecule has 2 heterocycles. The van der Waals surface area contributed by atoms with E-state index in [1.807, 2.05) is 0 Å². The summed E-state index contributed by atoms with van der Waals surface area (Å²) in [5.74, 6) is -0.702. The van der Waals surface area contributed by atoms with Crippen LogP contribution in [0.1, 0.15) is 6.92 Å². The van der Waals surface area contributed by atoms with E-state index >= 15 is 0 Å². The van der Waals surface area contributed by atoms with Crippen LogP contribution in [0.5, 0.6) is 0 Å². The van der Waals surface area contributed by atoms with Gasteiger partial charge in [-0.1, -0.05) is 0 Å². The molecule has 37 heavy (non-hydrogen) atoms. The molecule has 0 saturated carbocycles. The van der Waals surface area contributed by atoms with E-state index in [9.17, 15) is 55.9 Å². The lowest BCUT2D eigenvalue weighted by Crippen LogP contribution is -2.68. The van der Waals surface area contributed by atoms with Crippen LogP contribution in [0.2, 0.25) is 0 Å². The van der Waals surface area contributed by atoms with Crippen molar-refractivity contribution in [2.24, 2.45) is 0 Å². The first-order valence-corrected chi connectivity index (χ1v) is 11.5. The first kappa shape index (κ1) is 32.1. The normalized spacial score (nSPS) is 40.0. The average Bonchev–Trinajstić information content (AvgIpc) is 2.88. The lowest BCUT2D eigenvalue weighted by atomic mass is 9.95. The third kappa shape index (κ3) is 7.50. The number of nitrogens with one attached hydrogen (secondary N) is 1. The summed E-state index contributed by atoms with van der Waals surface area (Å²) in [6, 6.07) is -1.50. The maximum absolute atomic E-state index is 11.8. The smallest absolute Gasteiger partial charge is 0.217 e. The molecule has 2 saturated heterocycles. The Hall–Kier alpha value is -1.13. The summed E-state index contributed by atoms with van der Waals surface area (Å²) < 4.78 is 21.8. The molecule has 2 aliphatic heterocycles. The zero-order chi connectivity index (χ0) is 28.0. The molecule has 17 nitrogen and oxygen atoms in total. The van der Waals surface area contributed by atoms with Crippen molar-refractivity contribution in [2.75, 3.05) is 26.4 Å². The molecule has 14 atom stereocenters. The van der Waals surface area contributed by atoms with E-state index in [0.29, 0.717) is 0 Å². The van der Waals surface area contributed by atoms with Crippen LogP contribution in [-0.4, -0.2) is 174 Å². The number of carbonyl (C=O) groups excluding carboxylic acids is 1. The van der Waals surface area contributed by atoms with Crippen LogP contribution < -0.4 is 5.32 Å². The van der Waals surface area contributed by atoms with Gasteiger partial charge >= 0.3 is 0 Å². The summed E-state index contributed by atoms with van der Waals surface area (Å²) in [7, 11) is 0. The van der Waals surface area contributed by atoms with E-state index in [2.05, 4.69) is 5.32 Å². The van der Waals surface area contributed by atoms with Crippen LogP contribution in [0.4, 0.5) is 0 Å². The molecule has 0 spiro atoms. The fourth-order valence-corrected chi connectivity index (χ4v) is 4.03. The Kier molecular flexibility index (Phi) is 12.4. The SMILES string of the molecule is CC(=O)N[C@H]1[C@H](O[C@H](CO)[C@@H](O)[C@H](O)[C@H](O)CO)O[C@H](CO)[C@@H](O[C@@H]2O[C@H](CO)[C@H](O)[C@H](O)[C@H]2O)[C@@H]1O. The first-order chi connectivity index (χ1) is 17.4. The van der Waals surface area contributed by atoms with Crippen LogP contribution >= 0.6 is 0 Å².